The first-order valence-electron chi connectivity index (χ1n) is 7.26. The number of nitrogens with zero attached hydrogens (tertiary/aromatic N) is 4. The molecular formula is C15H21N5. The number of nitrogens with two attached hydrogens (primary N) is 1. The van der Waals surface area contributed by atoms with Gasteiger partial charge in [-0.1, -0.05) is 25.5 Å². The van der Waals surface area contributed by atoms with Crippen molar-refractivity contribution >= 4 is 5.69 Å². The molecule has 0 bridgehead atoms. The van der Waals surface area contributed by atoms with Crippen LogP contribution in [0.15, 0.2) is 18.2 Å². The standard InChI is InChI=1S/C15H21N5/c1-3-15(7-4-8-15)10-20-14(17-18-19-20)12-6-5-11(2)13(16)9-12/h5-6,9H,3-4,7-8,10,16H2,1-2H3. The van der Waals surface area contributed by atoms with Gasteiger partial charge in [-0.05, 0) is 53.7 Å². The molecule has 5 heteroatoms. The summed E-state index contributed by atoms with van der Waals surface area (Å²) in [6.45, 7) is 5.16. The number of rotatable bonds is 4. The van der Waals surface area contributed by atoms with Crippen molar-refractivity contribution in [3.05, 3.63) is 23.8 Å². The summed E-state index contributed by atoms with van der Waals surface area (Å²) < 4.78 is 1.94. The van der Waals surface area contributed by atoms with Crippen LogP contribution in [0.1, 0.15) is 38.2 Å². The van der Waals surface area contributed by atoms with Crippen LogP contribution in [0.3, 0.4) is 0 Å². The molecule has 106 valence electrons. The molecule has 1 aromatic heterocycles. The Bertz CT molecular complexity index is 607. The molecule has 3 rings (SSSR count). The Hall–Kier alpha value is -1.91. The monoisotopic (exact) mass is 271 g/mol. The SMILES string of the molecule is CCC1(Cn2nnnc2-c2ccc(C)c(N)c2)CCC1. The van der Waals surface area contributed by atoms with Gasteiger partial charge in [0.25, 0.3) is 0 Å². The lowest BCUT2D eigenvalue weighted by molar-refractivity contribution is 0.0948. The van der Waals surface area contributed by atoms with E-state index in [1.807, 2.05) is 29.8 Å². The van der Waals surface area contributed by atoms with Gasteiger partial charge in [0.1, 0.15) is 0 Å². The molecule has 0 amide bonds. The molecule has 1 aromatic carbocycles. The smallest absolute Gasteiger partial charge is 0.182 e. The zero-order valence-corrected chi connectivity index (χ0v) is 12.1. The van der Waals surface area contributed by atoms with Crippen LogP contribution in [0, 0.1) is 12.3 Å². The molecule has 1 heterocycles. The van der Waals surface area contributed by atoms with E-state index in [2.05, 4.69) is 22.4 Å². The second-order valence-electron chi connectivity index (χ2n) is 5.94. The van der Waals surface area contributed by atoms with Crippen molar-refractivity contribution in [3.63, 3.8) is 0 Å². The first kappa shape index (κ1) is 13.1. The van der Waals surface area contributed by atoms with Gasteiger partial charge in [0.2, 0.25) is 0 Å². The van der Waals surface area contributed by atoms with Gasteiger partial charge in [-0.3, -0.25) is 0 Å². The van der Waals surface area contributed by atoms with Gasteiger partial charge in [0, 0.05) is 11.3 Å². The molecule has 1 saturated carbocycles. The largest absolute Gasteiger partial charge is 0.398 e. The van der Waals surface area contributed by atoms with Crippen LogP contribution in [0.25, 0.3) is 11.4 Å². The number of benzene rings is 1. The van der Waals surface area contributed by atoms with Crippen LogP contribution in [-0.4, -0.2) is 20.2 Å². The summed E-state index contributed by atoms with van der Waals surface area (Å²) in [4.78, 5) is 0. The lowest BCUT2D eigenvalue weighted by Gasteiger charge is -2.41. The Balaban J connectivity index is 1.91. The molecular weight excluding hydrogens is 250 g/mol. The fourth-order valence-corrected chi connectivity index (χ4v) is 2.92. The van der Waals surface area contributed by atoms with Gasteiger partial charge in [0.15, 0.2) is 5.82 Å². The van der Waals surface area contributed by atoms with E-state index in [1.165, 1.54) is 25.7 Å². The number of tetrazole rings is 1. The number of hydrogen-bond donors (Lipinski definition) is 1. The van der Waals surface area contributed by atoms with Gasteiger partial charge in [-0.15, -0.1) is 5.10 Å². The number of nitrogen functional groups attached to an aromatic ring is 1. The van der Waals surface area contributed by atoms with Crippen molar-refractivity contribution < 1.29 is 0 Å². The van der Waals surface area contributed by atoms with Crippen molar-refractivity contribution in [2.24, 2.45) is 5.41 Å². The van der Waals surface area contributed by atoms with E-state index < -0.39 is 0 Å². The first-order valence-corrected chi connectivity index (χ1v) is 7.26. The molecule has 2 N–H and O–H groups in total. The van der Waals surface area contributed by atoms with Crippen molar-refractivity contribution in [2.45, 2.75) is 46.1 Å². The Morgan fingerprint density at radius 2 is 2.15 bits per heavy atom. The summed E-state index contributed by atoms with van der Waals surface area (Å²) in [5.74, 6) is 0.816. The van der Waals surface area contributed by atoms with Gasteiger partial charge < -0.3 is 5.73 Å². The Morgan fingerprint density at radius 1 is 1.35 bits per heavy atom. The van der Waals surface area contributed by atoms with E-state index >= 15 is 0 Å². The third-order valence-corrected chi connectivity index (χ3v) is 4.72. The van der Waals surface area contributed by atoms with E-state index in [-0.39, 0.29) is 0 Å². The summed E-state index contributed by atoms with van der Waals surface area (Å²) in [5.41, 5.74) is 9.23. The van der Waals surface area contributed by atoms with Crippen LogP contribution in [0.2, 0.25) is 0 Å². The van der Waals surface area contributed by atoms with E-state index in [0.717, 1.165) is 29.2 Å². The highest BCUT2D eigenvalue weighted by atomic mass is 15.5. The predicted octanol–water partition coefficient (Wildman–Crippen LogP) is 2.81. The van der Waals surface area contributed by atoms with Crippen molar-refractivity contribution in [3.8, 4) is 11.4 Å². The van der Waals surface area contributed by atoms with Crippen molar-refractivity contribution in [1.29, 1.82) is 0 Å². The Labute approximate surface area is 119 Å². The number of hydrogen-bond acceptors (Lipinski definition) is 4. The molecule has 0 aliphatic heterocycles. The molecule has 1 aliphatic rings. The molecule has 1 fully saturated rings. The van der Waals surface area contributed by atoms with E-state index in [1.54, 1.807) is 0 Å². The molecule has 0 radical (unpaired) electrons. The molecule has 1 aliphatic carbocycles. The number of aromatic nitrogens is 4. The predicted molar refractivity (Wildman–Crippen MR) is 79.0 cm³/mol. The van der Waals surface area contributed by atoms with Crippen molar-refractivity contribution in [1.82, 2.24) is 20.2 Å². The summed E-state index contributed by atoms with van der Waals surface area (Å²) in [6, 6.07) is 6.01. The lowest BCUT2D eigenvalue weighted by atomic mass is 9.67. The third kappa shape index (κ3) is 2.17. The Morgan fingerprint density at radius 3 is 2.75 bits per heavy atom. The minimum atomic E-state index is 0.389. The second-order valence-corrected chi connectivity index (χ2v) is 5.94. The quantitative estimate of drug-likeness (QED) is 0.868. The average molecular weight is 271 g/mol. The zero-order valence-electron chi connectivity index (χ0n) is 12.1. The summed E-state index contributed by atoms with van der Waals surface area (Å²) in [6.07, 6.45) is 5.06. The highest BCUT2D eigenvalue weighted by Crippen LogP contribution is 2.45. The maximum absolute atomic E-state index is 5.99. The molecule has 20 heavy (non-hydrogen) atoms. The van der Waals surface area contributed by atoms with Crippen molar-refractivity contribution in [2.75, 3.05) is 5.73 Å². The van der Waals surface area contributed by atoms with Crippen LogP contribution < -0.4 is 5.73 Å². The molecule has 0 saturated heterocycles. The van der Waals surface area contributed by atoms with E-state index in [9.17, 15) is 0 Å². The number of aryl methyl sites for hydroxylation is 1. The van der Waals surface area contributed by atoms with Crippen LogP contribution >= 0.6 is 0 Å². The molecule has 0 unspecified atom stereocenters. The van der Waals surface area contributed by atoms with Gasteiger partial charge in [-0.25, -0.2) is 4.68 Å². The van der Waals surface area contributed by atoms with Gasteiger partial charge >= 0.3 is 0 Å². The summed E-state index contributed by atoms with van der Waals surface area (Å²) in [5, 5.41) is 12.2. The normalized spacial score (nSPS) is 16.9. The minimum Gasteiger partial charge on any atom is -0.398 e. The maximum atomic E-state index is 5.99. The van der Waals surface area contributed by atoms with Crippen LogP contribution in [0.5, 0.6) is 0 Å². The number of anilines is 1. The minimum absolute atomic E-state index is 0.389. The van der Waals surface area contributed by atoms with Crippen LogP contribution in [0.4, 0.5) is 5.69 Å². The molecule has 5 nitrogen and oxygen atoms in total. The van der Waals surface area contributed by atoms with Gasteiger partial charge in [0.05, 0.1) is 6.54 Å². The second kappa shape index (κ2) is 4.89. The third-order valence-electron chi connectivity index (χ3n) is 4.72. The topological polar surface area (TPSA) is 69.6 Å². The van der Waals surface area contributed by atoms with Gasteiger partial charge in [-0.2, -0.15) is 0 Å². The van der Waals surface area contributed by atoms with Crippen LogP contribution in [-0.2, 0) is 6.54 Å². The molecule has 0 spiro atoms. The molecule has 2 aromatic rings. The average Bonchev–Trinajstić information content (AvgIpc) is 2.85. The zero-order chi connectivity index (χ0) is 14.2. The fraction of sp³-hybridized carbons (Fsp3) is 0.533. The highest BCUT2D eigenvalue weighted by molar-refractivity contribution is 5.63. The lowest BCUT2D eigenvalue weighted by Crippen LogP contribution is -2.34. The van der Waals surface area contributed by atoms with E-state index in [4.69, 9.17) is 5.73 Å². The Kier molecular flexibility index (Phi) is 3.20. The summed E-state index contributed by atoms with van der Waals surface area (Å²) >= 11 is 0. The maximum Gasteiger partial charge on any atom is 0.182 e. The van der Waals surface area contributed by atoms with E-state index in [0.29, 0.717) is 5.41 Å². The molecule has 0 atom stereocenters. The summed E-state index contributed by atoms with van der Waals surface area (Å²) in [7, 11) is 0. The fourth-order valence-electron chi connectivity index (χ4n) is 2.92. The first-order chi connectivity index (χ1) is 9.63. The highest BCUT2D eigenvalue weighted by Gasteiger charge is 2.36.